The summed E-state index contributed by atoms with van der Waals surface area (Å²) in [4.78, 5) is 17.4. The maximum Gasteiger partial charge on any atom is 0.255 e. The average Bonchev–Trinajstić information content (AvgIpc) is 3.06. The minimum atomic E-state index is -0.293. The number of amides is 1. The second-order valence-electron chi connectivity index (χ2n) is 7.07. The summed E-state index contributed by atoms with van der Waals surface area (Å²) >= 11 is 0. The predicted molar refractivity (Wildman–Crippen MR) is 110 cm³/mol. The Morgan fingerprint density at radius 2 is 1.76 bits per heavy atom. The number of rotatable bonds is 4. The fourth-order valence-electron chi connectivity index (χ4n) is 3.48. The van der Waals surface area contributed by atoms with E-state index in [1.54, 1.807) is 22.8 Å². The Morgan fingerprint density at radius 3 is 2.45 bits per heavy atom. The molecule has 1 N–H and O–H groups in total. The van der Waals surface area contributed by atoms with Gasteiger partial charge in [0.05, 0.1) is 23.0 Å². The lowest BCUT2D eigenvalue weighted by molar-refractivity contribution is 0.0938. The Hall–Kier alpha value is -3.54. The Labute approximate surface area is 168 Å². The Morgan fingerprint density at radius 1 is 1.07 bits per heavy atom. The number of hydrogen-bond donors (Lipinski definition) is 1. The summed E-state index contributed by atoms with van der Waals surface area (Å²) in [6.45, 7) is 5.67. The third-order valence-corrected chi connectivity index (χ3v) is 5.08. The standard InChI is InChI=1S/C23H21FN4O/c1-14(17-7-5-4-6-8-17)26-23(29)20-13-25-22-21(15(2)27-28(22)16(20)3)18-9-11-19(24)12-10-18/h4-14H,1-3H3,(H,26,29)/t14-/m1/s1. The molecule has 0 fully saturated rings. The van der Waals surface area contributed by atoms with Crippen LogP contribution in [0.2, 0.25) is 0 Å². The molecule has 146 valence electrons. The second kappa shape index (κ2) is 7.47. The Balaban J connectivity index is 1.70. The highest BCUT2D eigenvalue weighted by Gasteiger charge is 2.20. The van der Waals surface area contributed by atoms with Crippen molar-refractivity contribution in [3.05, 3.63) is 89.1 Å². The molecule has 0 bridgehead atoms. The molecule has 0 saturated heterocycles. The summed E-state index contributed by atoms with van der Waals surface area (Å²) in [5, 5.41) is 7.59. The van der Waals surface area contributed by atoms with Crippen molar-refractivity contribution in [2.75, 3.05) is 0 Å². The third-order valence-electron chi connectivity index (χ3n) is 5.08. The molecule has 2 aromatic heterocycles. The molecule has 1 atom stereocenters. The smallest absolute Gasteiger partial charge is 0.255 e. The van der Waals surface area contributed by atoms with E-state index >= 15 is 0 Å². The van der Waals surface area contributed by atoms with Crippen LogP contribution in [0.5, 0.6) is 0 Å². The van der Waals surface area contributed by atoms with E-state index in [9.17, 15) is 9.18 Å². The van der Waals surface area contributed by atoms with E-state index in [0.717, 1.165) is 22.4 Å². The van der Waals surface area contributed by atoms with Crippen molar-refractivity contribution < 1.29 is 9.18 Å². The molecule has 6 heteroatoms. The fourth-order valence-corrected chi connectivity index (χ4v) is 3.48. The topological polar surface area (TPSA) is 59.3 Å². The van der Waals surface area contributed by atoms with Gasteiger partial charge in [0.1, 0.15) is 5.82 Å². The van der Waals surface area contributed by atoms with Crippen LogP contribution in [0.3, 0.4) is 0 Å². The minimum absolute atomic E-state index is 0.132. The first kappa shape index (κ1) is 18.8. The molecule has 0 aliphatic rings. The maximum atomic E-state index is 13.3. The summed E-state index contributed by atoms with van der Waals surface area (Å²) in [5.74, 6) is -0.497. The molecular formula is C23H21FN4O. The lowest BCUT2D eigenvalue weighted by atomic mass is 10.1. The fraction of sp³-hybridized carbons (Fsp3) is 0.174. The second-order valence-corrected chi connectivity index (χ2v) is 7.07. The van der Waals surface area contributed by atoms with Crippen LogP contribution < -0.4 is 5.32 Å². The van der Waals surface area contributed by atoms with Crippen molar-refractivity contribution in [2.24, 2.45) is 0 Å². The van der Waals surface area contributed by atoms with E-state index in [4.69, 9.17) is 0 Å². The molecule has 5 nitrogen and oxygen atoms in total. The zero-order chi connectivity index (χ0) is 20.5. The first-order valence-corrected chi connectivity index (χ1v) is 9.42. The highest BCUT2D eigenvalue weighted by Crippen LogP contribution is 2.28. The molecule has 0 saturated carbocycles. The van der Waals surface area contributed by atoms with Crippen molar-refractivity contribution in [2.45, 2.75) is 26.8 Å². The quantitative estimate of drug-likeness (QED) is 0.554. The first-order valence-electron chi connectivity index (χ1n) is 9.42. The molecule has 1 amide bonds. The first-order chi connectivity index (χ1) is 14.0. The summed E-state index contributed by atoms with van der Waals surface area (Å²) in [5.41, 5.74) is 5.26. The zero-order valence-corrected chi connectivity index (χ0v) is 16.5. The van der Waals surface area contributed by atoms with Gasteiger partial charge in [-0.25, -0.2) is 13.9 Å². The van der Waals surface area contributed by atoms with E-state index in [1.807, 2.05) is 51.1 Å². The van der Waals surface area contributed by atoms with E-state index in [2.05, 4.69) is 15.4 Å². The average molecular weight is 388 g/mol. The van der Waals surface area contributed by atoms with Crippen LogP contribution in [0, 0.1) is 19.7 Å². The molecule has 0 aliphatic heterocycles. The van der Waals surface area contributed by atoms with Crippen molar-refractivity contribution in [3.63, 3.8) is 0 Å². The molecule has 29 heavy (non-hydrogen) atoms. The Kier molecular flexibility index (Phi) is 4.84. The zero-order valence-electron chi connectivity index (χ0n) is 16.5. The summed E-state index contributed by atoms with van der Waals surface area (Å²) < 4.78 is 15.0. The SMILES string of the molecule is Cc1nn2c(C)c(C(=O)N[C@H](C)c3ccccc3)cnc2c1-c1ccc(F)cc1. The third kappa shape index (κ3) is 3.49. The number of nitrogens with zero attached hydrogens (tertiary/aromatic N) is 3. The molecule has 4 rings (SSSR count). The molecule has 0 unspecified atom stereocenters. The van der Waals surface area contributed by atoms with Gasteiger partial charge in [0.2, 0.25) is 0 Å². The predicted octanol–water partition coefficient (Wildman–Crippen LogP) is 4.64. The summed E-state index contributed by atoms with van der Waals surface area (Å²) in [7, 11) is 0. The van der Waals surface area contributed by atoms with Gasteiger partial charge >= 0.3 is 0 Å². The molecular weight excluding hydrogens is 367 g/mol. The van der Waals surface area contributed by atoms with E-state index in [1.165, 1.54) is 12.1 Å². The number of benzene rings is 2. The molecule has 2 aromatic carbocycles. The maximum absolute atomic E-state index is 13.3. The van der Waals surface area contributed by atoms with Gasteiger partial charge in [0.25, 0.3) is 5.91 Å². The van der Waals surface area contributed by atoms with Gasteiger partial charge < -0.3 is 5.32 Å². The molecule has 4 aromatic rings. The van der Waals surface area contributed by atoms with Crippen molar-refractivity contribution >= 4 is 11.6 Å². The van der Waals surface area contributed by atoms with Gasteiger partial charge in [-0.05, 0) is 44.0 Å². The van der Waals surface area contributed by atoms with Crippen LogP contribution in [0.1, 0.15) is 40.3 Å². The number of aromatic nitrogens is 3. The molecule has 2 heterocycles. The highest BCUT2D eigenvalue weighted by atomic mass is 19.1. The van der Waals surface area contributed by atoms with Gasteiger partial charge in [-0.3, -0.25) is 4.79 Å². The summed E-state index contributed by atoms with van der Waals surface area (Å²) in [6.07, 6.45) is 1.58. The molecule has 0 aliphatic carbocycles. The monoisotopic (exact) mass is 388 g/mol. The van der Waals surface area contributed by atoms with E-state index in [-0.39, 0.29) is 17.8 Å². The number of aryl methyl sites for hydroxylation is 2. The van der Waals surface area contributed by atoms with Gasteiger partial charge in [0.15, 0.2) is 5.65 Å². The lowest BCUT2D eigenvalue weighted by Crippen LogP contribution is -2.28. The number of halogens is 1. The number of fused-ring (bicyclic) bond motifs is 1. The van der Waals surface area contributed by atoms with Crippen LogP contribution in [0.25, 0.3) is 16.8 Å². The minimum Gasteiger partial charge on any atom is -0.345 e. The van der Waals surface area contributed by atoms with E-state index < -0.39 is 0 Å². The van der Waals surface area contributed by atoms with Crippen molar-refractivity contribution in [1.82, 2.24) is 19.9 Å². The highest BCUT2D eigenvalue weighted by molar-refractivity contribution is 5.95. The van der Waals surface area contributed by atoms with Gasteiger partial charge in [-0.1, -0.05) is 42.5 Å². The van der Waals surface area contributed by atoms with Crippen LogP contribution >= 0.6 is 0 Å². The normalized spacial score (nSPS) is 12.1. The van der Waals surface area contributed by atoms with Crippen LogP contribution in [0.4, 0.5) is 4.39 Å². The van der Waals surface area contributed by atoms with Crippen LogP contribution in [-0.2, 0) is 0 Å². The molecule has 0 spiro atoms. The van der Waals surface area contributed by atoms with Crippen molar-refractivity contribution in [1.29, 1.82) is 0 Å². The van der Waals surface area contributed by atoms with E-state index in [0.29, 0.717) is 16.9 Å². The van der Waals surface area contributed by atoms with Gasteiger partial charge in [-0.2, -0.15) is 5.10 Å². The van der Waals surface area contributed by atoms with Gasteiger partial charge in [0, 0.05) is 11.8 Å². The van der Waals surface area contributed by atoms with Crippen LogP contribution in [-0.4, -0.2) is 20.5 Å². The number of hydrogen-bond acceptors (Lipinski definition) is 3. The summed E-state index contributed by atoms with van der Waals surface area (Å²) in [6, 6.07) is 15.9. The van der Waals surface area contributed by atoms with Crippen molar-refractivity contribution in [3.8, 4) is 11.1 Å². The molecule has 0 radical (unpaired) electrons. The number of nitrogens with one attached hydrogen (secondary N) is 1. The Bertz CT molecular complexity index is 1180. The largest absolute Gasteiger partial charge is 0.345 e. The lowest BCUT2D eigenvalue weighted by Gasteiger charge is -2.15. The van der Waals surface area contributed by atoms with Gasteiger partial charge in [-0.15, -0.1) is 0 Å². The number of carbonyl (C=O) groups is 1. The number of carbonyl (C=O) groups excluding carboxylic acids is 1. The van der Waals surface area contributed by atoms with Crippen LogP contribution in [0.15, 0.2) is 60.8 Å².